The molecule has 86 valence electrons. The zero-order valence-electron chi connectivity index (χ0n) is 8.72. The minimum Gasteiger partial charge on any atom is -0.506 e. The van der Waals surface area contributed by atoms with Crippen molar-refractivity contribution < 1.29 is 9.90 Å². The molecule has 0 aliphatic carbocycles. The van der Waals surface area contributed by atoms with E-state index in [1.165, 1.54) is 12.1 Å². The average Bonchev–Trinajstić information content (AvgIpc) is 2.30. The van der Waals surface area contributed by atoms with E-state index >= 15 is 0 Å². The Balaban J connectivity index is 2.58. The minimum atomic E-state index is -0.618. The van der Waals surface area contributed by atoms with Gasteiger partial charge in [-0.3, -0.25) is 9.78 Å². The minimum absolute atomic E-state index is 0.0326. The highest BCUT2D eigenvalue weighted by molar-refractivity contribution is 6.33. The molecule has 1 heterocycles. The number of carbonyl (C=O) groups is 1. The number of rotatable bonds is 2. The SMILES string of the molecule is NC(=O)c1cc(-c2ncccc2O)ccc1Cl. The Morgan fingerprint density at radius 1 is 1.35 bits per heavy atom. The third kappa shape index (κ3) is 2.21. The summed E-state index contributed by atoms with van der Waals surface area (Å²) >= 11 is 5.83. The molecule has 1 aromatic carbocycles. The topological polar surface area (TPSA) is 76.2 Å². The van der Waals surface area contributed by atoms with Gasteiger partial charge >= 0.3 is 0 Å². The second-order valence-electron chi connectivity index (χ2n) is 3.43. The summed E-state index contributed by atoms with van der Waals surface area (Å²) in [7, 11) is 0. The maximum Gasteiger partial charge on any atom is 0.250 e. The van der Waals surface area contributed by atoms with Crippen LogP contribution in [0, 0.1) is 0 Å². The summed E-state index contributed by atoms with van der Waals surface area (Å²) in [5.41, 5.74) is 6.36. The van der Waals surface area contributed by atoms with Gasteiger partial charge in [-0.1, -0.05) is 17.7 Å². The van der Waals surface area contributed by atoms with E-state index in [1.807, 2.05) is 0 Å². The van der Waals surface area contributed by atoms with Gasteiger partial charge in [0.05, 0.1) is 10.6 Å². The van der Waals surface area contributed by atoms with E-state index in [9.17, 15) is 9.90 Å². The lowest BCUT2D eigenvalue weighted by atomic mass is 10.1. The van der Waals surface area contributed by atoms with Crippen molar-refractivity contribution in [2.24, 2.45) is 5.73 Å². The summed E-state index contributed by atoms with van der Waals surface area (Å²) in [6.45, 7) is 0. The Hall–Kier alpha value is -2.07. The molecule has 0 radical (unpaired) electrons. The third-order valence-electron chi connectivity index (χ3n) is 2.29. The molecule has 0 spiro atoms. The first-order valence-electron chi connectivity index (χ1n) is 4.83. The normalized spacial score (nSPS) is 10.2. The van der Waals surface area contributed by atoms with Gasteiger partial charge in [-0.2, -0.15) is 0 Å². The summed E-state index contributed by atoms with van der Waals surface area (Å²) in [5, 5.41) is 9.93. The van der Waals surface area contributed by atoms with Crippen LogP contribution in [0.1, 0.15) is 10.4 Å². The van der Waals surface area contributed by atoms with Gasteiger partial charge in [-0.05, 0) is 24.3 Å². The molecule has 0 saturated heterocycles. The monoisotopic (exact) mass is 248 g/mol. The number of nitrogens with zero attached hydrogens (tertiary/aromatic N) is 1. The van der Waals surface area contributed by atoms with Gasteiger partial charge in [0, 0.05) is 11.8 Å². The predicted octanol–water partition coefficient (Wildman–Crippen LogP) is 2.21. The maximum atomic E-state index is 11.1. The quantitative estimate of drug-likeness (QED) is 0.855. The average molecular weight is 249 g/mol. The van der Waals surface area contributed by atoms with Crippen molar-refractivity contribution in [2.45, 2.75) is 0 Å². The lowest BCUT2D eigenvalue weighted by Crippen LogP contribution is -2.11. The number of primary amides is 1. The molecule has 0 aliphatic rings. The van der Waals surface area contributed by atoms with Gasteiger partial charge in [0.1, 0.15) is 11.4 Å². The van der Waals surface area contributed by atoms with E-state index in [1.54, 1.807) is 24.4 Å². The summed E-state index contributed by atoms with van der Waals surface area (Å²) < 4.78 is 0. The van der Waals surface area contributed by atoms with Crippen molar-refractivity contribution in [3.8, 4) is 17.0 Å². The highest BCUT2D eigenvalue weighted by atomic mass is 35.5. The molecule has 5 heteroatoms. The van der Waals surface area contributed by atoms with Gasteiger partial charge in [0.15, 0.2) is 0 Å². The van der Waals surface area contributed by atoms with Crippen LogP contribution in [0.5, 0.6) is 5.75 Å². The van der Waals surface area contributed by atoms with Gasteiger partial charge < -0.3 is 10.8 Å². The number of pyridine rings is 1. The number of aromatic hydroxyl groups is 1. The molecule has 0 aliphatic heterocycles. The number of benzene rings is 1. The molecular formula is C12H9ClN2O2. The van der Waals surface area contributed by atoms with E-state index in [0.717, 1.165) is 0 Å². The van der Waals surface area contributed by atoms with Crippen molar-refractivity contribution in [1.82, 2.24) is 4.98 Å². The molecule has 1 amide bonds. The first kappa shape index (κ1) is 11.4. The van der Waals surface area contributed by atoms with Crippen LogP contribution in [0.25, 0.3) is 11.3 Å². The largest absolute Gasteiger partial charge is 0.506 e. The van der Waals surface area contributed by atoms with Crippen molar-refractivity contribution in [1.29, 1.82) is 0 Å². The van der Waals surface area contributed by atoms with E-state index in [2.05, 4.69) is 4.98 Å². The molecule has 0 saturated carbocycles. The Morgan fingerprint density at radius 2 is 2.12 bits per heavy atom. The number of carbonyl (C=O) groups excluding carboxylic acids is 1. The number of nitrogens with two attached hydrogens (primary N) is 1. The number of hydrogen-bond acceptors (Lipinski definition) is 3. The number of halogens is 1. The first-order valence-corrected chi connectivity index (χ1v) is 5.21. The van der Waals surface area contributed by atoms with Crippen molar-refractivity contribution in [3.05, 3.63) is 47.1 Å². The summed E-state index contributed by atoms with van der Waals surface area (Å²) in [6.07, 6.45) is 1.55. The number of hydrogen-bond donors (Lipinski definition) is 2. The fraction of sp³-hybridized carbons (Fsp3) is 0. The second kappa shape index (κ2) is 4.43. The van der Waals surface area contributed by atoms with Crippen LogP contribution in [-0.2, 0) is 0 Å². The fourth-order valence-electron chi connectivity index (χ4n) is 1.48. The Bertz CT molecular complexity index is 584. The van der Waals surface area contributed by atoms with Crippen LogP contribution in [0.3, 0.4) is 0 Å². The van der Waals surface area contributed by atoms with Crippen molar-refractivity contribution in [3.63, 3.8) is 0 Å². The molecule has 2 aromatic rings. The van der Waals surface area contributed by atoms with E-state index in [-0.39, 0.29) is 16.3 Å². The molecule has 0 atom stereocenters. The lowest BCUT2D eigenvalue weighted by Gasteiger charge is -2.06. The Labute approximate surface area is 103 Å². The zero-order valence-corrected chi connectivity index (χ0v) is 9.48. The predicted molar refractivity (Wildman–Crippen MR) is 64.9 cm³/mol. The lowest BCUT2D eigenvalue weighted by molar-refractivity contribution is 0.100. The standard InChI is InChI=1S/C12H9ClN2O2/c13-9-4-3-7(6-8(9)12(14)17)11-10(16)2-1-5-15-11/h1-6,16H,(H2,14,17). The fourth-order valence-corrected chi connectivity index (χ4v) is 1.69. The van der Waals surface area contributed by atoms with Crippen molar-refractivity contribution >= 4 is 17.5 Å². The van der Waals surface area contributed by atoms with Gasteiger partial charge in [0.25, 0.3) is 0 Å². The highest BCUT2D eigenvalue weighted by Crippen LogP contribution is 2.29. The molecule has 0 fully saturated rings. The van der Waals surface area contributed by atoms with Crippen LogP contribution in [0.2, 0.25) is 5.02 Å². The van der Waals surface area contributed by atoms with Crippen molar-refractivity contribution in [2.75, 3.05) is 0 Å². The molecule has 4 nitrogen and oxygen atoms in total. The molecule has 1 aromatic heterocycles. The van der Waals surface area contributed by atoms with Crippen LogP contribution in [0.15, 0.2) is 36.5 Å². The van der Waals surface area contributed by atoms with E-state index in [4.69, 9.17) is 17.3 Å². The summed E-state index contributed by atoms with van der Waals surface area (Å²) in [5.74, 6) is -0.586. The van der Waals surface area contributed by atoms with Gasteiger partial charge in [0.2, 0.25) is 5.91 Å². The van der Waals surface area contributed by atoms with E-state index < -0.39 is 5.91 Å². The summed E-state index contributed by atoms with van der Waals surface area (Å²) in [6, 6.07) is 7.85. The smallest absolute Gasteiger partial charge is 0.250 e. The highest BCUT2D eigenvalue weighted by Gasteiger charge is 2.11. The van der Waals surface area contributed by atoms with Crippen LogP contribution >= 0.6 is 11.6 Å². The second-order valence-corrected chi connectivity index (χ2v) is 3.84. The van der Waals surface area contributed by atoms with E-state index in [0.29, 0.717) is 11.3 Å². The molecule has 0 unspecified atom stereocenters. The van der Waals surface area contributed by atoms with Crippen LogP contribution < -0.4 is 5.73 Å². The Kier molecular flexibility index (Phi) is 2.97. The van der Waals surface area contributed by atoms with Crippen LogP contribution in [0.4, 0.5) is 0 Å². The maximum absolute atomic E-state index is 11.1. The first-order chi connectivity index (χ1) is 8.09. The molecular weight excluding hydrogens is 240 g/mol. The van der Waals surface area contributed by atoms with Gasteiger partial charge in [-0.25, -0.2) is 0 Å². The zero-order chi connectivity index (χ0) is 12.4. The van der Waals surface area contributed by atoms with Gasteiger partial charge in [-0.15, -0.1) is 0 Å². The molecule has 17 heavy (non-hydrogen) atoms. The molecule has 0 bridgehead atoms. The third-order valence-corrected chi connectivity index (χ3v) is 2.62. The Morgan fingerprint density at radius 3 is 2.76 bits per heavy atom. The number of aromatic nitrogens is 1. The summed E-state index contributed by atoms with van der Waals surface area (Å²) in [4.78, 5) is 15.2. The van der Waals surface area contributed by atoms with Crippen LogP contribution in [-0.4, -0.2) is 16.0 Å². The number of amides is 1. The molecule has 2 rings (SSSR count). The molecule has 3 N–H and O–H groups in total.